The van der Waals surface area contributed by atoms with Crippen molar-refractivity contribution in [1.29, 1.82) is 0 Å². The predicted molar refractivity (Wildman–Crippen MR) is 72.3 cm³/mol. The van der Waals surface area contributed by atoms with E-state index in [2.05, 4.69) is 34.7 Å². The number of halogens is 2. The molecule has 0 aliphatic heterocycles. The minimum Gasteiger partial charge on any atom is -0.488 e. The SMILES string of the molecule is C=C(CNCC)COc1ccc(Br)cc1Cl. The quantitative estimate of drug-likeness (QED) is 0.810. The van der Waals surface area contributed by atoms with Gasteiger partial charge in [-0.3, -0.25) is 0 Å². The number of likely N-dealkylation sites (N-methyl/N-ethyl adjacent to an activating group) is 1. The van der Waals surface area contributed by atoms with Crippen molar-refractivity contribution in [1.82, 2.24) is 5.32 Å². The fraction of sp³-hybridized carbons (Fsp3) is 0.333. The Hall–Kier alpha value is -0.510. The fourth-order valence-corrected chi connectivity index (χ4v) is 1.85. The highest BCUT2D eigenvalue weighted by atomic mass is 79.9. The number of hydrogen-bond acceptors (Lipinski definition) is 2. The third kappa shape index (κ3) is 4.56. The van der Waals surface area contributed by atoms with Crippen molar-refractivity contribution >= 4 is 27.5 Å². The van der Waals surface area contributed by atoms with Gasteiger partial charge < -0.3 is 10.1 Å². The molecule has 0 heterocycles. The number of nitrogens with one attached hydrogen (secondary N) is 1. The second-order valence-electron chi connectivity index (χ2n) is 3.39. The molecule has 0 aliphatic rings. The summed E-state index contributed by atoms with van der Waals surface area (Å²) in [5.41, 5.74) is 1.00. The summed E-state index contributed by atoms with van der Waals surface area (Å²) in [6, 6.07) is 5.55. The van der Waals surface area contributed by atoms with Crippen LogP contribution in [0.3, 0.4) is 0 Å². The van der Waals surface area contributed by atoms with Crippen molar-refractivity contribution in [2.24, 2.45) is 0 Å². The molecule has 1 rings (SSSR count). The van der Waals surface area contributed by atoms with Crippen molar-refractivity contribution < 1.29 is 4.74 Å². The van der Waals surface area contributed by atoms with Gasteiger partial charge in [0.05, 0.1) is 5.02 Å². The molecule has 1 aromatic rings. The molecule has 0 unspecified atom stereocenters. The van der Waals surface area contributed by atoms with Crippen LogP contribution in [0.25, 0.3) is 0 Å². The first-order chi connectivity index (χ1) is 7.63. The summed E-state index contributed by atoms with van der Waals surface area (Å²) in [6.45, 7) is 8.15. The van der Waals surface area contributed by atoms with Gasteiger partial charge in [0, 0.05) is 11.0 Å². The maximum Gasteiger partial charge on any atom is 0.138 e. The Kier molecular flexibility index (Phi) is 5.88. The summed E-state index contributed by atoms with van der Waals surface area (Å²) >= 11 is 9.36. The molecule has 4 heteroatoms. The molecule has 1 aromatic carbocycles. The number of hydrogen-bond donors (Lipinski definition) is 1. The normalized spacial score (nSPS) is 10.2. The molecule has 0 fully saturated rings. The maximum atomic E-state index is 6.02. The number of benzene rings is 1. The van der Waals surface area contributed by atoms with Crippen LogP contribution in [-0.4, -0.2) is 19.7 Å². The summed E-state index contributed by atoms with van der Waals surface area (Å²) in [5, 5.41) is 3.79. The Morgan fingerprint density at radius 1 is 1.56 bits per heavy atom. The second-order valence-corrected chi connectivity index (χ2v) is 4.72. The minimum absolute atomic E-state index is 0.481. The summed E-state index contributed by atoms with van der Waals surface area (Å²) in [7, 11) is 0. The summed E-state index contributed by atoms with van der Waals surface area (Å²) in [6.07, 6.45) is 0. The zero-order chi connectivity index (χ0) is 12.0. The van der Waals surface area contributed by atoms with Crippen molar-refractivity contribution in [3.63, 3.8) is 0 Å². The van der Waals surface area contributed by atoms with Gasteiger partial charge in [-0.25, -0.2) is 0 Å². The Morgan fingerprint density at radius 2 is 2.31 bits per heavy atom. The molecule has 0 saturated carbocycles. The van der Waals surface area contributed by atoms with Crippen molar-refractivity contribution in [3.05, 3.63) is 39.8 Å². The third-order valence-electron chi connectivity index (χ3n) is 1.95. The Labute approximate surface area is 110 Å². The second kappa shape index (κ2) is 6.94. The van der Waals surface area contributed by atoms with E-state index in [1.54, 1.807) is 0 Å². The van der Waals surface area contributed by atoms with Crippen molar-refractivity contribution in [2.45, 2.75) is 6.92 Å². The number of ether oxygens (including phenoxy) is 1. The van der Waals surface area contributed by atoms with Crippen LogP contribution in [0.1, 0.15) is 6.92 Å². The van der Waals surface area contributed by atoms with E-state index in [9.17, 15) is 0 Å². The third-order valence-corrected chi connectivity index (χ3v) is 2.74. The highest BCUT2D eigenvalue weighted by Crippen LogP contribution is 2.27. The molecule has 0 aromatic heterocycles. The molecule has 0 bridgehead atoms. The highest BCUT2D eigenvalue weighted by molar-refractivity contribution is 9.10. The topological polar surface area (TPSA) is 21.3 Å². The Balaban J connectivity index is 2.45. The first-order valence-electron chi connectivity index (χ1n) is 5.08. The summed E-state index contributed by atoms with van der Waals surface area (Å²) < 4.78 is 6.50. The van der Waals surface area contributed by atoms with Gasteiger partial charge >= 0.3 is 0 Å². The molecule has 0 saturated heterocycles. The minimum atomic E-state index is 0.481. The largest absolute Gasteiger partial charge is 0.488 e. The Morgan fingerprint density at radius 3 is 2.94 bits per heavy atom. The van der Waals surface area contributed by atoms with Gasteiger partial charge in [0.1, 0.15) is 12.4 Å². The van der Waals surface area contributed by atoms with E-state index >= 15 is 0 Å². The van der Waals surface area contributed by atoms with Crippen LogP contribution < -0.4 is 10.1 Å². The van der Waals surface area contributed by atoms with Gasteiger partial charge in [0.25, 0.3) is 0 Å². The smallest absolute Gasteiger partial charge is 0.138 e. The van der Waals surface area contributed by atoms with E-state index in [0.717, 1.165) is 23.1 Å². The molecule has 0 amide bonds. The van der Waals surface area contributed by atoms with Gasteiger partial charge in [-0.15, -0.1) is 0 Å². The van der Waals surface area contributed by atoms with Crippen LogP contribution in [-0.2, 0) is 0 Å². The highest BCUT2D eigenvalue weighted by Gasteiger charge is 2.02. The van der Waals surface area contributed by atoms with Gasteiger partial charge in [-0.05, 0) is 30.3 Å². The van der Waals surface area contributed by atoms with Gasteiger partial charge in [-0.1, -0.05) is 41.0 Å². The van der Waals surface area contributed by atoms with Gasteiger partial charge in [-0.2, -0.15) is 0 Å². The van der Waals surface area contributed by atoms with Crippen LogP contribution >= 0.6 is 27.5 Å². The molecule has 2 nitrogen and oxygen atoms in total. The number of rotatable bonds is 6. The predicted octanol–water partition coefficient (Wildman–Crippen LogP) is 3.65. The molecule has 88 valence electrons. The van der Waals surface area contributed by atoms with Crippen LogP contribution in [0.5, 0.6) is 5.75 Å². The Bertz CT molecular complexity index is 368. The molecular weight excluding hydrogens is 289 g/mol. The molecule has 0 spiro atoms. The van der Waals surface area contributed by atoms with Crippen molar-refractivity contribution in [3.8, 4) is 5.75 Å². The lowest BCUT2D eigenvalue weighted by molar-refractivity contribution is 0.349. The summed E-state index contributed by atoms with van der Waals surface area (Å²) in [4.78, 5) is 0. The lowest BCUT2D eigenvalue weighted by Crippen LogP contribution is -2.18. The van der Waals surface area contributed by atoms with Gasteiger partial charge in [0.2, 0.25) is 0 Å². The first kappa shape index (κ1) is 13.6. The van der Waals surface area contributed by atoms with E-state index in [-0.39, 0.29) is 0 Å². The average molecular weight is 305 g/mol. The molecule has 1 N–H and O–H groups in total. The fourth-order valence-electron chi connectivity index (χ4n) is 1.12. The monoisotopic (exact) mass is 303 g/mol. The van der Waals surface area contributed by atoms with Gasteiger partial charge in [0.15, 0.2) is 0 Å². The molecular formula is C12H15BrClNO. The molecule has 16 heavy (non-hydrogen) atoms. The lowest BCUT2D eigenvalue weighted by Gasteiger charge is -2.10. The van der Waals surface area contributed by atoms with Crippen LogP contribution in [0.15, 0.2) is 34.8 Å². The van der Waals surface area contributed by atoms with Crippen molar-refractivity contribution in [2.75, 3.05) is 19.7 Å². The zero-order valence-electron chi connectivity index (χ0n) is 9.22. The van der Waals surface area contributed by atoms with Crippen LogP contribution in [0, 0.1) is 0 Å². The van der Waals surface area contributed by atoms with E-state index in [0.29, 0.717) is 17.4 Å². The van der Waals surface area contributed by atoms with E-state index in [4.69, 9.17) is 16.3 Å². The lowest BCUT2D eigenvalue weighted by atomic mass is 10.3. The standard InChI is InChI=1S/C12H15BrClNO/c1-3-15-7-9(2)8-16-12-5-4-10(13)6-11(12)14/h4-6,15H,2-3,7-8H2,1H3. The average Bonchev–Trinajstić information content (AvgIpc) is 2.25. The molecule has 0 atom stereocenters. The first-order valence-corrected chi connectivity index (χ1v) is 6.25. The molecule has 0 radical (unpaired) electrons. The molecule has 0 aliphatic carbocycles. The maximum absolute atomic E-state index is 6.02. The summed E-state index contributed by atoms with van der Waals surface area (Å²) in [5.74, 6) is 0.683. The van der Waals surface area contributed by atoms with Crippen LogP contribution in [0.4, 0.5) is 0 Å². The van der Waals surface area contributed by atoms with E-state index < -0.39 is 0 Å². The zero-order valence-corrected chi connectivity index (χ0v) is 11.6. The van der Waals surface area contributed by atoms with E-state index in [1.165, 1.54) is 0 Å². The van der Waals surface area contributed by atoms with Crippen LogP contribution in [0.2, 0.25) is 5.02 Å². The van der Waals surface area contributed by atoms with E-state index in [1.807, 2.05) is 18.2 Å².